The van der Waals surface area contributed by atoms with E-state index in [1.165, 1.54) is 17.5 Å². The maximum atomic E-state index is 12.0. The van der Waals surface area contributed by atoms with Crippen molar-refractivity contribution < 1.29 is 37.1 Å². The lowest BCUT2D eigenvalue weighted by Gasteiger charge is -2.35. The molecule has 8 nitrogen and oxygen atoms in total. The Balaban J connectivity index is 0.000000339. The maximum Gasteiger partial charge on any atom is 0.490 e. The molecule has 12 heteroatoms. The summed E-state index contributed by atoms with van der Waals surface area (Å²) in [5.41, 5.74) is 0. The van der Waals surface area contributed by atoms with E-state index >= 15 is 0 Å². The number of thiophene rings is 1. The van der Waals surface area contributed by atoms with Gasteiger partial charge in [0.1, 0.15) is 0 Å². The van der Waals surface area contributed by atoms with E-state index in [0.29, 0.717) is 18.4 Å². The molecular formula is C19H22F3N3O5S. The Morgan fingerprint density at radius 2 is 2.13 bits per heavy atom. The Bertz CT molecular complexity index is 845. The van der Waals surface area contributed by atoms with Crippen LogP contribution in [0.2, 0.25) is 0 Å². The monoisotopic (exact) mass is 461 g/mol. The Morgan fingerprint density at radius 3 is 2.74 bits per heavy atom. The molecule has 2 aromatic heterocycles. The Labute approximate surface area is 180 Å². The van der Waals surface area contributed by atoms with Gasteiger partial charge < -0.3 is 19.7 Å². The van der Waals surface area contributed by atoms with Crippen LogP contribution in [0.4, 0.5) is 13.2 Å². The summed E-state index contributed by atoms with van der Waals surface area (Å²) in [6.07, 6.45) is -2.36. The molecule has 0 aliphatic carbocycles. The molecule has 2 N–H and O–H groups in total. The summed E-state index contributed by atoms with van der Waals surface area (Å²) in [4.78, 5) is 24.8. The summed E-state index contributed by atoms with van der Waals surface area (Å²) in [5, 5.41) is 15.7. The fraction of sp³-hybridized carbons (Fsp3) is 0.526. The number of rotatable bonds is 5. The van der Waals surface area contributed by atoms with E-state index < -0.39 is 12.1 Å². The fourth-order valence-electron chi connectivity index (χ4n) is 3.69. The van der Waals surface area contributed by atoms with Crippen molar-refractivity contribution in [2.75, 3.05) is 26.2 Å². The number of fused-ring (bicyclic) bond motifs is 1. The number of carboxylic acid groups (broad SMARTS) is 1. The molecule has 0 saturated carbocycles. The lowest BCUT2D eigenvalue weighted by Crippen LogP contribution is -2.44. The second-order valence-electron chi connectivity index (χ2n) is 7.29. The highest BCUT2D eigenvalue weighted by Crippen LogP contribution is 2.34. The SMILES string of the molecule is O=C(NC[C@H]1OC[C@@H]2CCN(Cc3cccs3)C[C@@H]21)c1ccno1.O=C(O)C(F)(F)F. The second-order valence-corrected chi connectivity index (χ2v) is 8.32. The van der Waals surface area contributed by atoms with Crippen molar-refractivity contribution >= 4 is 23.2 Å². The van der Waals surface area contributed by atoms with Gasteiger partial charge in [-0.2, -0.15) is 13.2 Å². The first kappa shape index (κ1) is 23.2. The summed E-state index contributed by atoms with van der Waals surface area (Å²) in [6, 6.07) is 5.86. The molecule has 4 rings (SSSR count). The van der Waals surface area contributed by atoms with Crippen LogP contribution < -0.4 is 5.32 Å². The molecule has 0 bridgehead atoms. The minimum atomic E-state index is -5.08. The first-order valence-electron chi connectivity index (χ1n) is 9.59. The predicted octanol–water partition coefficient (Wildman–Crippen LogP) is 2.64. The Kier molecular flexibility index (Phi) is 7.68. The van der Waals surface area contributed by atoms with E-state index in [1.807, 2.05) is 11.3 Å². The molecule has 4 heterocycles. The van der Waals surface area contributed by atoms with Crippen LogP contribution >= 0.6 is 11.3 Å². The minimum absolute atomic E-state index is 0.0769. The number of aromatic nitrogens is 1. The zero-order valence-corrected chi connectivity index (χ0v) is 17.2. The van der Waals surface area contributed by atoms with Crippen LogP contribution in [0.15, 0.2) is 34.3 Å². The standard InChI is InChI=1S/C17H21N3O3S.C2HF3O2/c21-17(15-3-5-19-23-15)18-8-16-14-10-20(6-4-12(14)11-22-16)9-13-2-1-7-24-13;3-2(4,5)1(6)7/h1-3,5,7,12,14,16H,4,6,8-11H2,(H,18,21);(H,6,7)/t12-,14-,16+;/m0./s1. The number of ether oxygens (including phenoxy) is 1. The van der Waals surface area contributed by atoms with Gasteiger partial charge in [-0.05, 0) is 30.3 Å². The molecule has 3 atom stereocenters. The first-order chi connectivity index (χ1) is 14.7. The number of carbonyl (C=O) groups is 2. The van der Waals surface area contributed by atoms with Gasteiger partial charge in [0, 0.05) is 36.5 Å². The number of halogens is 3. The van der Waals surface area contributed by atoms with Gasteiger partial charge in [-0.25, -0.2) is 4.79 Å². The van der Waals surface area contributed by atoms with Crippen LogP contribution in [0.3, 0.4) is 0 Å². The number of carboxylic acids is 1. The van der Waals surface area contributed by atoms with Gasteiger partial charge in [0.05, 0.1) is 18.9 Å². The first-order valence-corrected chi connectivity index (χ1v) is 10.5. The van der Waals surface area contributed by atoms with Crippen LogP contribution in [0.1, 0.15) is 21.9 Å². The Morgan fingerprint density at radius 1 is 1.35 bits per heavy atom. The molecule has 2 aliphatic rings. The number of alkyl halides is 3. The normalized spacial score (nSPS) is 23.5. The van der Waals surface area contributed by atoms with E-state index in [4.69, 9.17) is 19.2 Å². The summed E-state index contributed by atoms with van der Waals surface area (Å²) < 4.78 is 42.6. The van der Waals surface area contributed by atoms with Crippen molar-refractivity contribution in [3.63, 3.8) is 0 Å². The lowest BCUT2D eigenvalue weighted by molar-refractivity contribution is -0.192. The third-order valence-electron chi connectivity index (χ3n) is 5.22. The Hall–Kier alpha value is -2.44. The average molecular weight is 461 g/mol. The van der Waals surface area contributed by atoms with Gasteiger partial charge >= 0.3 is 12.1 Å². The molecule has 31 heavy (non-hydrogen) atoms. The van der Waals surface area contributed by atoms with Crippen molar-refractivity contribution in [3.05, 3.63) is 40.4 Å². The van der Waals surface area contributed by atoms with Crippen LogP contribution in [0.5, 0.6) is 0 Å². The number of aliphatic carboxylic acids is 1. The largest absolute Gasteiger partial charge is 0.490 e. The van der Waals surface area contributed by atoms with E-state index in [-0.39, 0.29) is 17.8 Å². The molecule has 0 unspecified atom stereocenters. The van der Waals surface area contributed by atoms with Gasteiger partial charge in [0.25, 0.3) is 5.91 Å². The fourth-order valence-corrected chi connectivity index (χ4v) is 4.44. The van der Waals surface area contributed by atoms with Crippen molar-refractivity contribution in [2.24, 2.45) is 11.8 Å². The summed E-state index contributed by atoms with van der Waals surface area (Å²) >= 11 is 1.81. The van der Waals surface area contributed by atoms with Gasteiger partial charge in [0.2, 0.25) is 5.76 Å². The highest BCUT2D eigenvalue weighted by atomic mass is 32.1. The van der Waals surface area contributed by atoms with Gasteiger partial charge in [-0.3, -0.25) is 9.69 Å². The number of piperidine rings is 1. The smallest absolute Gasteiger partial charge is 0.475 e. The molecule has 2 fully saturated rings. The molecule has 2 saturated heterocycles. The minimum Gasteiger partial charge on any atom is -0.475 e. The highest BCUT2D eigenvalue weighted by molar-refractivity contribution is 7.09. The molecule has 2 aliphatic heterocycles. The van der Waals surface area contributed by atoms with Gasteiger partial charge in [-0.1, -0.05) is 11.2 Å². The number of hydrogen-bond acceptors (Lipinski definition) is 7. The number of nitrogens with zero attached hydrogens (tertiary/aromatic N) is 2. The van der Waals surface area contributed by atoms with Crippen LogP contribution in [-0.4, -0.2) is 65.6 Å². The number of likely N-dealkylation sites (tertiary alicyclic amines) is 1. The van der Waals surface area contributed by atoms with E-state index in [1.54, 1.807) is 6.07 Å². The molecule has 170 valence electrons. The van der Waals surface area contributed by atoms with Crippen LogP contribution in [-0.2, 0) is 16.1 Å². The van der Waals surface area contributed by atoms with Crippen molar-refractivity contribution in [1.29, 1.82) is 0 Å². The molecule has 0 aromatic carbocycles. The third-order valence-corrected chi connectivity index (χ3v) is 6.08. The summed E-state index contributed by atoms with van der Waals surface area (Å²) in [5.74, 6) is -1.66. The molecule has 0 spiro atoms. The summed E-state index contributed by atoms with van der Waals surface area (Å²) in [6.45, 7) is 4.50. The van der Waals surface area contributed by atoms with Gasteiger partial charge in [-0.15, -0.1) is 11.3 Å². The quantitative estimate of drug-likeness (QED) is 0.705. The average Bonchev–Trinajstić information content (AvgIpc) is 3.48. The molecule has 2 aromatic rings. The van der Waals surface area contributed by atoms with Crippen molar-refractivity contribution in [1.82, 2.24) is 15.4 Å². The maximum absolute atomic E-state index is 12.0. The number of carbonyl (C=O) groups excluding carboxylic acids is 1. The van der Waals surface area contributed by atoms with Crippen molar-refractivity contribution in [2.45, 2.75) is 25.2 Å². The van der Waals surface area contributed by atoms with E-state index in [0.717, 1.165) is 26.2 Å². The van der Waals surface area contributed by atoms with E-state index in [2.05, 4.69) is 32.9 Å². The number of hydrogen-bond donors (Lipinski definition) is 2. The molecule has 1 amide bonds. The zero-order valence-electron chi connectivity index (χ0n) is 16.4. The number of amides is 1. The second kappa shape index (κ2) is 10.2. The van der Waals surface area contributed by atoms with Crippen LogP contribution in [0, 0.1) is 11.8 Å². The predicted molar refractivity (Wildman–Crippen MR) is 103 cm³/mol. The third kappa shape index (κ3) is 6.52. The topological polar surface area (TPSA) is 105 Å². The van der Waals surface area contributed by atoms with Crippen molar-refractivity contribution in [3.8, 4) is 0 Å². The highest BCUT2D eigenvalue weighted by Gasteiger charge is 2.41. The van der Waals surface area contributed by atoms with Crippen LogP contribution in [0.25, 0.3) is 0 Å². The number of nitrogens with one attached hydrogen (secondary N) is 1. The van der Waals surface area contributed by atoms with E-state index in [9.17, 15) is 18.0 Å². The molecule has 0 radical (unpaired) electrons. The van der Waals surface area contributed by atoms with Gasteiger partial charge in [0.15, 0.2) is 0 Å². The summed E-state index contributed by atoms with van der Waals surface area (Å²) in [7, 11) is 0. The zero-order chi connectivity index (χ0) is 22.4. The molecular weight excluding hydrogens is 439 g/mol. The lowest BCUT2D eigenvalue weighted by atomic mass is 9.84.